The highest BCUT2D eigenvalue weighted by Gasteiger charge is 2.34. The number of ether oxygens (including phenoxy) is 1. The van der Waals surface area contributed by atoms with Crippen molar-refractivity contribution in [3.8, 4) is 5.75 Å². The van der Waals surface area contributed by atoms with Gasteiger partial charge in [0.25, 0.3) is 5.91 Å². The second-order valence-corrected chi connectivity index (χ2v) is 11.8. The molecule has 0 aliphatic heterocycles. The summed E-state index contributed by atoms with van der Waals surface area (Å²) in [6, 6.07) is 14.1. The Labute approximate surface area is 230 Å². The summed E-state index contributed by atoms with van der Waals surface area (Å²) in [4.78, 5) is 25.4. The summed E-state index contributed by atoms with van der Waals surface area (Å²) in [5.74, 6) is -0.707. The van der Waals surface area contributed by atoms with Crippen LogP contribution in [-0.4, -0.2) is 39.8 Å². The molecule has 0 saturated carbocycles. The number of aryl methyl sites for hydroxylation is 1. The lowest BCUT2D eigenvalue weighted by Gasteiger charge is -2.32. The van der Waals surface area contributed by atoms with E-state index in [9.17, 15) is 19.8 Å². The van der Waals surface area contributed by atoms with Crippen molar-refractivity contribution >= 4 is 33.3 Å². The SMILES string of the molecule is CCC(O)(CC)COc1ccc(C(CC)(CC)c2cc3ccc(C(=O)NC(C)(C)C(=O)O)cc3s2)cc1C. The summed E-state index contributed by atoms with van der Waals surface area (Å²) < 4.78 is 7.02. The maximum atomic E-state index is 12.8. The molecule has 3 rings (SSSR count). The summed E-state index contributed by atoms with van der Waals surface area (Å²) in [6.45, 7) is 13.6. The average molecular weight is 540 g/mol. The van der Waals surface area contributed by atoms with Crippen molar-refractivity contribution in [3.63, 3.8) is 0 Å². The molecule has 2 aromatic carbocycles. The fraction of sp³-hybridized carbons (Fsp3) is 0.484. The smallest absolute Gasteiger partial charge is 0.328 e. The van der Waals surface area contributed by atoms with Crippen LogP contribution in [0.2, 0.25) is 0 Å². The second-order valence-electron chi connectivity index (χ2n) is 10.7. The Kier molecular flexibility index (Phi) is 8.94. The molecule has 206 valence electrons. The van der Waals surface area contributed by atoms with Crippen molar-refractivity contribution in [2.24, 2.45) is 0 Å². The van der Waals surface area contributed by atoms with Gasteiger partial charge in [-0.25, -0.2) is 4.79 Å². The Morgan fingerprint density at radius 3 is 2.16 bits per heavy atom. The molecule has 0 saturated heterocycles. The Morgan fingerprint density at radius 1 is 0.947 bits per heavy atom. The Balaban J connectivity index is 1.94. The molecule has 0 aliphatic rings. The maximum absolute atomic E-state index is 12.8. The first-order chi connectivity index (χ1) is 17.8. The van der Waals surface area contributed by atoms with Gasteiger partial charge in [-0.05, 0) is 87.2 Å². The van der Waals surface area contributed by atoms with E-state index in [2.05, 4.69) is 37.4 Å². The first-order valence-electron chi connectivity index (χ1n) is 13.4. The van der Waals surface area contributed by atoms with E-state index in [0.717, 1.165) is 34.2 Å². The molecule has 0 radical (unpaired) electrons. The molecule has 1 aromatic heterocycles. The van der Waals surface area contributed by atoms with Gasteiger partial charge >= 0.3 is 5.97 Å². The van der Waals surface area contributed by atoms with Gasteiger partial charge in [0.1, 0.15) is 17.9 Å². The third kappa shape index (κ3) is 5.89. The van der Waals surface area contributed by atoms with Crippen molar-refractivity contribution in [1.82, 2.24) is 5.32 Å². The molecule has 38 heavy (non-hydrogen) atoms. The zero-order valence-electron chi connectivity index (χ0n) is 23.6. The van der Waals surface area contributed by atoms with Crippen LogP contribution in [0, 0.1) is 6.92 Å². The monoisotopic (exact) mass is 539 g/mol. The molecule has 1 heterocycles. The van der Waals surface area contributed by atoms with E-state index in [1.54, 1.807) is 17.4 Å². The predicted molar refractivity (Wildman–Crippen MR) is 155 cm³/mol. The van der Waals surface area contributed by atoms with Crippen molar-refractivity contribution in [2.75, 3.05) is 6.61 Å². The molecule has 7 heteroatoms. The number of rotatable bonds is 12. The first kappa shape index (κ1) is 29.7. The molecule has 3 aromatic rings. The Hall–Kier alpha value is -2.90. The van der Waals surface area contributed by atoms with E-state index in [4.69, 9.17) is 4.74 Å². The van der Waals surface area contributed by atoms with E-state index >= 15 is 0 Å². The molecule has 0 atom stereocenters. The van der Waals surface area contributed by atoms with Crippen LogP contribution in [0.5, 0.6) is 5.75 Å². The minimum atomic E-state index is -1.36. The van der Waals surface area contributed by atoms with Gasteiger partial charge in [-0.3, -0.25) is 4.79 Å². The zero-order valence-corrected chi connectivity index (χ0v) is 24.4. The van der Waals surface area contributed by atoms with Crippen LogP contribution in [-0.2, 0) is 10.2 Å². The third-order valence-electron chi connectivity index (χ3n) is 7.96. The molecule has 0 unspecified atom stereocenters. The zero-order chi connectivity index (χ0) is 28.3. The number of aliphatic hydroxyl groups is 1. The normalized spacial score (nSPS) is 12.5. The number of thiophene rings is 1. The predicted octanol–water partition coefficient (Wildman–Crippen LogP) is 6.84. The molecule has 6 nitrogen and oxygen atoms in total. The van der Waals surface area contributed by atoms with Gasteiger partial charge in [0.15, 0.2) is 0 Å². The minimum Gasteiger partial charge on any atom is -0.490 e. The molecule has 0 fully saturated rings. The highest BCUT2D eigenvalue weighted by Crippen LogP contribution is 2.45. The molecule has 0 bridgehead atoms. The number of carbonyl (C=O) groups excluding carboxylic acids is 1. The Bertz CT molecular complexity index is 1300. The third-order valence-corrected chi connectivity index (χ3v) is 9.26. The van der Waals surface area contributed by atoms with Gasteiger partial charge in [0.05, 0.1) is 5.60 Å². The van der Waals surface area contributed by atoms with Crippen LogP contribution in [0.25, 0.3) is 10.1 Å². The van der Waals surface area contributed by atoms with Gasteiger partial charge in [-0.2, -0.15) is 0 Å². The van der Waals surface area contributed by atoms with Crippen molar-refractivity contribution in [2.45, 2.75) is 90.7 Å². The van der Waals surface area contributed by atoms with Crippen LogP contribution < -0.4 is 10.1 Å². The van der Waals surface area contributed by atoms with Crippen LogP contribution in [0.4, 0.5) is 0 Å². The number of amides is 1. The number of hydrogen-bond acceptors (Lipinski definition) is 5. The summed E-state index contributed by atoms with van der Waals surface area (Å²) in [6.07, 6.45) is 3.09. The minimum absolute atomic E-state index is 0.200. The molecule has 3 N–H and O–H groups in total. The van der Waals surface area contributed by atoms with E-state index < -0.39 is 23.0 Å². The van der Waals surface area contributed by atoms with Gasteiger partial charge in [-0.1, -0.05) is 45.9 Å². The lowest BCUT2D eigenvalue weighted by Crippen LogP contribution is -2.49. The number of fused-ring (bicyclic) bond motifs is 1. The quantitative estimate of drug-likeness (QED) is 0.234. The van der Waals surface area contributed by atoms with Gasteiger partial charge in [0.2, 0.25) is 0 Å². The number of carbonyl (C=O) groups is 2. The van der Waals surface area contributed by atoms with Crippen molar-refractivity contribution < 1.29 is 24.5 Å². The number of benzene rings is 2. The van der Waals surface area contributed by atoms with E-state index in [0.29, 0.717) is 18.4 Å². The lowest BCUT2D eigenvalue weighted by atomic mass is 9.74. The molecular weight excluding hydrogens is 498 g/mol. The largest absolute Gasteiger partial charge is 0.490 e. The van der Waals surface area contributed by atoms with Crippen LogP contribution >= 0.6 is 11.3 Å². The average Bonchev–Trinajstić information content (AvgIpc) is 3.32. The highest BCUT2D eigenvalue weighted by molar-refractivity contribution is 7.19. The number of hydrogen-bond donors (Lipinski definition) is 3. The lowest BCUT2D eigenvalue weighted by molar-refractivity contribution is -0.143. The van der Waals surface area contributed by atoms with Gasteiger partial charge < -0.3 is 20.3 Å². The Morgan fingerprint density at radius 2 is 1.61 bits per heavy atom. The summed E-state index contributed by atoms with van der Waals surface area (Å²) in [5, 5.41) is 23.6. The number of nitrogens with one attached hydrogen (secondary N) is 1. The second kappa shape index (κ2) is 11.5. The number of carboxylic acids is 1. The van der Waals surface area contributed by atoms with Gasteiger partial charge in [-0.15, -0.1) is 11.3 Å². The van der Waals surface area contributed by atoms with Crippen LogP contribution in [0.15, 0.2) is 42.5 Å². The summed E-state index contributed by atoms with van der Waals surface area (Å²) in [7, 11) is 0. The van der Waals surface area contributed by atoms with Crippen LogP contribution in [0.1, 0.15) is 93.6 Å². The topological polar surface area (TPSA) is 95.9 Å². The fourth-order valence-electron chi connectivity index (χ4n) is 4.74. The van der Waals surface area contributed by atoms with Crippen LogP contribution in [0.3, 0.4) is 0 Å². The van der Waals surface area contributed by atoms with E-state index in [1.807, 2.05) is 39.0 Å². The molecule has 0 spiro atoms. The molecular formula is C31H41NO5S. The molecule has 0 aliphatic carbocycles. The van der Waals surface area contributed by atoms with Gasteiger partial charge in [0, 0.05) is 20.6 Å². The summed E-state index contributed by atoms with van der Waals surface area (Å²) >= 11 is 1.67. The van der Waals surface area contributed by atoms with E-state index in [1.165, 1.54) is 24.3 Å². The summed E-state index contributed by atoms with van der Waals surface area (Å²) in [5.41, 5.74) is 0.304. The number of aliphatic carboxylic acids is 1. The molecule has 1 amide bonds. The van der Waals surface area contributed by atoms with Crippen molar-refractivity contribution in [1.29, 1.82) is 0 Å². The fourth-order valence-corrected chi connectivity index (χ4v) is 6.20. The standard InChI is InChI=1S/C31H41NO5S/c1-8-30(36,9-2)19-37-24-15-14-23(16-20(24)5)31(10-3,11-4)26-18-21-12-13-22(17-25(21)38-26)27(33)32-29(6,7)28(34)35/h12-18,36H,8-11,19H2,1-7H3,(H,32,33)(H,34,35). The van der Waals surface area contributed by atoms with Crippen molar-refractivity contribution in [3.05, 3.63) is 64.0 Å². The first-order valence-corrected chi connectivity index (χ1v) is 14.2. The highest BCUT2D eigenvalue weighted by atomic mass is 32.1. The van der Waals surface area contributed by atoms with E-state index in [-0.39, 0.29) is 12.0 Å². The number of carboxylic acid groups (broad SMARTS) is 1. The maximum Gasteiger partial charge on any atom is 0.328 e.